The molecule has 3 aromatic carbocycles. The van der Waals surface area contributed by atoms with E-state index >= 15 is 0 Å². The maximum atomic E-state index is 13.6. The van der Waals surface area contributed by atoms with Crippen LogP contribution in [0.3, 0.4) is 0 Å². The number of hydrogen-bond donors (Lipinski definition) is 1. The highest BCUT2D eigenvalue weighted by molar-refractivity contribution is 6.17. The topological polar surface area (TPSA) is 84.3 Å². The maximum Gasteiger partial charge on any atom is 0.203 e. The standard InChI is InChI=1S/C25H22N2O4/c1-13-8-17(24(28)16-10-20(29-3)25(31-5)21(11-16)30-4)14(2)22-18-9-15(12-26)6-7-19(18)27-23(13)22/h6-11,27H,1-5H3. The molecule has 0 amide bonds. The molecule has 31 heavy (non-hydrogen) atoms. The van der Waals surface area contributed by atoms with Crippen molar-refractivity contribution in [1.29, 1.82) is 5.26 Å². The van der Waals surface area contributed by atoms with E-state index < -0.39 is 0 Å². The van der Waals surface area contributed by atoms with Crippen molar-refractivity contribution in [2.75, 3.05) is 21.3 Å². The quantitative estimate of drug-likeness (QED) is 0.461. The molecule has 4 aromatic rings. The fraction of sp³-hybridized carbons (Fsp3) is 0.200. The smallest absolute Gasteiger partial charge is 0.203 e. The van der Waals surface area contributed by atoms with Gasteiger partial charge in [0.05, 0.1) is 33.0 Å². The van der Waals surface area contributed by atoms with Crippen LogP contribution in [0, 0.1) is 25.2 Å². The fourth-order valence-electron chi connectivity index (χ4n) is 4.08. The lowest BCUT2D eigenvalue weighted by molar-refractivity contribution is 0.103. The van der Waals surface area contributed by atoms with Crippen LogP contribution < -0.4 is 14.2 Å². The molecule has 0 saturated heterocycles. The SMILES string of the molecule is COc1cc(C(=O)c2cc(C)c3[nH]c4ccc(C#N)cc4c3c2C)cc(OC)c1OC. The molecule has 0 spiro atoms. The van der Waals surface area contributed by atoms with E-state index in [4.69, 9.17) is 14.2 Å². The summed E-state index contributed by atoms with van der Waals surface area (Å²) in [6, 6.07) is 12.9. The number of aromatic nitrogens is 1. The van der Waals surface area contributed by atoms with Gasteiger partial charge in [0.25, 0.3) is 0 Å². The summed E-state index contributed by atoms with van der Waals surface area (Å²) in [5.74, 6) is 1.14. The molecular formula is C25H22N2O4. The zero-order valence-corrected chi connectivity index (χ0v) is 18.0. The van der Waals surface area contributed by atoms with Crippen molar-refractivity contribution in [3.05, 3.63) is 64.2 Å². The average Bonchev–Trinajstić information content (AvgIpc) is 3.19. The molecular weight excluding hydrogens is 392 g/mol. The van der Waals surface area contributed by atoms with Gasteiger partial charge in [0.15, 0.2) is 17.3 Å². The predicted octanol–water partition coefficient (Wildman–Crippen LogP) is 5.07. The van der Waals surface area contributed by atoms with Crippen molar-refractivity contribution < 1.29 is 19.0 Å². The molecule has 6 nitrogen and oxygen atoms in total. The van der Waals surface area contributed by atoms with E-state index in [1.165, 1.54) is 21.3 Å². The summed E-state index contributed by atoms with van der Waals surface area (Å²) in [6.07, 6.45) is 0. The second-order valence-electron chi connectivity index (χ2n) is 7.36. The summed E-state index contributed by atoms with van der Waals surface area (Å²) in [5, 5.41) is 11.2. The Morgan fingerprint density at radius 2 is 1.65 bits per heavy atom. The number of ether oxygens (including phenoxy) is 3. The highest BCUT2D eigenvalue weighted by Crippen LogP contribution is 2.40. The van der Waals surface area contributed by atoms with Gasteiger partial charge in [-0.2, -0.15) is 5.26 Å². The lowest BCUT2D eigenvalue weighted by atomic mass is 9.93. The second kappa shape index (κ2) is 7.69. The van der Waals surface area contributed by atoms with Gasteiger partial charge in [0, 0.05) is 32.9 Å². The highest BCUT2D eigenvalue weighted by Gasteiger charge is 2.22. The molecule has 0 aliphatic carbocycles. The van der Waals surface area contributed by atoms with Gasteiger partial charge in [-0.05, 0) is 61.4 Å². The Balaban J connectivity index is 1.96. The third kappa shape index (κ3) is 3.15. The minimum Gasteiger partial charge on any atom is -0.493 e. The van der Waals surface area contributed by atoms with Gasteiger partial charge in [-0.3, -0.25) is 4.79 Å². The van der Waals surface area contributed by atoms with Crippen LogP contribution in [0.2, 0.25) is 0 Å². The largest absolute Gasteiger partial charge is 0.493 e. The number of methoxy groups -OCH3 is 3. The molecule has 0 aliphatic rings. The Labute approximate surface area is 180 Å². The van der Waals surface area contributed by atoms with Crippen molar-refractivity contribution in [3.8, 4) is 23.3 Å². The molecule has 1 N–H and O–H groups in total. The van der Waals surface area contributed by atoms with Crippen molar-refractivity contribution in [2.45, 2.75) is 13.8 Å². The number of hydrogen-bond acceptors (Lipinski definition) is 5. The van der Waals surface area contributed by atoms with Crippen molar-refractivity contribution in [2.24, 2.45) is 0 Å². The van der Waals surface area contributed by atoms with E-state index in [0.717, 1.165) is 32.9 Å². The Morgan fingerprint density at radius 1 is 0.968 bits per heavy atom. The molecule has 0 fully saturated rings. The summed E-state index contributed by atoms with van der Waals surface area (Å²) in [5.41, 5.74) is 5.29. The van der Waals surface area contributed by atoms with E-state index in [0.29, 0.717) is 33.9 Å². The summed E-state index contributed by atoms with van der Waals surface area (Å²) >= 11 is 0. The second-order valence-corrected chi connectivity index (χ2v) is 7.36. The number of carbonyl (C=O) groups excluding carboxylic acids is 1. The lowest BCUT2D eigenvalue weighted by Crippen LogP contribution is -2.07. The van der Waals surface area contributed by atoms with E-state index in [1.807, 2.05) is 32.0 Å². The minimum atomic E-state index is -0.146. The molecule has 156 valence electrons. The molecule has 1 heterocycles. The Kier molecular flexibility index (Phi) is 5.04. The number of H-pyrrole nitrogens is 1. The molecule has 6 heteroatoms. The monoisotopic (exact) mass is 414 g/mol. The number of nitrogens with one attached hydrogen (secondary N) is 1. The molecule has 0 bridgehead atoms. The van der Waals surface area contributed by atoms with Crippen LogP contribution in [0.15, 0.2) is 36.4 Å². The molecule has 1 aromatic heterocycles. The predicted molar refractivity (Wildman–Crippen MR) is 120 cm³/mol. The van der Waals surface area contributed by atoms with Gasteiger partial charge in [0.2, 0.25) is 5.75 Å². The average molecular weight is 414 g/mol. The molecule has 0 aliphatic heterocycles. The number of fused-ring (bicyclic) bond motifs is 3. The molecule has 0 unspecified atom stereocenters. The molecule has 0 radical (unpaired) electrons. The first kappa shape index (κ1) is 20.3. The van der Waals surface area contributed by atoms with Gasteiger partial charge in [0.1, 0.15) is 0 Å². The van der Waals surface area contributed by atoms with Crippen molar-refractivity contribution in [3.63, 3.8) is 0 Å². The van der Waals surface area contributed by atoms with Gasteiger partial charge in [-0.25, -0.2) is 0 Å². The summed E-state index contributed by atoms with van der Waals surface area (Å²) in [7, 11) is 4.56. The van der Waals surface area contributed by atoms with Gasteiger partial charge < -0.3 is 19.2 Å². The third-order valence-electron chi connectivity index (χ3n) is 5.63. The van der Waals surface area contributed by atoms with Crippen LogP contribution in [-0.4, -0.2) is 32.1 Å². The Morgan fingerprint density at radius 3 is 2.23 bits per heavy atom. The number of aromatic amines is 1. The van der Waals surface area contributed by atoms with Gasteiger partial charge in [-0.1, -0.05) is 0 Å². The summed E-state index contributed by atoms with van der Waals surface area (Å²) in [6.45, 7) is 3.90. The number of benzene rings is 3. The Bertz CT molecular complexity index is 1370. The maximum absolute atomic E-state index is 13.6. The number of ketones is 1. The molecule has 0 atom stereocenters. The van der Waals surface area contributed by atoms with Crippen molar-refractivity contribution >= 4 is 27.6 Å². The molecule has 0 saturated carbocycles. The summed E-state index contributed by atoms with van der Waals surface area (Å²) < 4.78 is 16.2. The Hall–Kier alpha value is -3.98. The van der Waals surface area contributed by atoms with Crippen LogP contribution >= 0.6 is 0 Å². The number of aryl methyl sites for hydroxylation is 2. The zero-order valence-electron chi connectivity index (χ0n) is 18.0. The normalized spacial score (nSPS) is 10.8. The highest BCUT2D eigenvalue weighted by atomic mass is 16.5. The summed E-state index contributed by atoms with van der Waals surface area (Å²) in [4.78, 5) is 17.0. The van der Waals surface area contributed by atoms with E-state index in [2.05, 4.69) is 11.1 Å². The third-order valence-corrected chi connectivity index (χ3v) is 5.63. The van der Waals surface area contributed by atoms with Crippen LogP contribution in [0.1, 0.15) is 32.6 Å². The minimum absolute atomic E-state index is 0.146. The molecule has 4 rings (SSSR count). The van der Waals surface area contributed by atoms with Crippen LogP contribution in [-0.2, 0) is 0 Å². The first-order valence-electron chi connectivity index (χ1n) is 9.73. The fourth-order valence-corrected chi connectivity index (χ4v) is 4.08. The lowest BCUT2D eigenvalue weighted by Gasteiger charge is -2.15. The van der Waals surface area contributed by atoms with E-state index in [1.54, 1.807) is 18.2 Å². The first-order valence-corrected chi connectivity index (χ1v) is 9.73. The van der Waals surface area contributed by atoms with E-state index in [9.17, 15) is 10.1 Å². The van der Waals surface area contributed by atoms with Crippen molar-refractivity contribution in [1.82, 2.24) is 4.98 Å². The zero-order chi connectivity index (χ0) is 22.3. The number of nitrogens with zero attached hydrogens (tertiary/aromatic N) is 1. The van der Waals surface area contributed by atoms with Gasteiger partial charge >= 0.3 is 0 Å². The van der Waals surface area contributed by atoms with Crippen LogP contribution in [0.5, 0.6) is 17.2 Å². The first-order chi connectivity index (χ1) is 14.9. The van der Waals surface area contributed by atoms with E-state index in [-0.39, 0.29) is 5.78 Å². The number of nitriles is 1. The number of carbonyl (C=O) groups is 1. The van der Waals surface area contributed by atoms with Gasteiger partial charge in [-0.15, -0.1) is 0 Å². The van der Waals surface area contributed by atoms with Crippen LogP contribution in [0.25, 0.3) is 21.8 Å². The van der Waals surface area contributed by atoms with Crippen LogP contribution in [0.4, 0.5) is 0 Å². The number of rotatable bonds is 5.